The molecule has 0 radical (unpaired) electrons. The van der Waals surface area contributed by atoms with Gasteiger partial charge < -0.3 is 10.1 Å². The van der Waals surface area contributed by atoms with Gasteiger partial charge >= 0.3 is 0 Å². The Morgan fingerprint density at radius 1 is 1.17 bits per heavy atom. The van der Waals surface area contributed by atoms with Crippen molar-refractivity contribution < 1.29 is 17.9 Å². The highest BCUT2D eigenvalue weighted by molar-refractivity contribution is 7.98. The fourth-order valence-corrected chi connectivity index (χ4v) is 5.59. The monoisotopic (exact) mass is 434 g/mol. The number of carbonyl (C=O) groups excluding carboxylic acids is 1. The van der Waals surface area contributed by atoms with Crippen LogP contribution >= 0.6 is 11.8 Å². The molecule has 6 nitrogen and oxygen atoms in total. The molecule has 2 aromatic rings. The Kier molecular flexibility index (Phi) is 6.87. The van der Waals surface area contributed by atoms with Gasteiger partial charge in [-0.3, -0.25) is 4.79 Å². The maximum Gasteiger partial charge on any atom is 0.259 e. The van der Waals surface area contributed by atoms with Gasteiger partial charge in [-0.25, -0.2) is 8.42 Å². The molecule has 1 N–H and O–H groups in total. The molecule has 0 aromatic heterocycles. The number of nitrogens with one attached hydrogen (secondary N) is 1. The van der Waals surface area contributed by atoms with Crippen LogP contribution in [0.25, 0.3) is 0 Å². The molecule has 1 heterocycles. The van der Waals surface area contributed by atoms with Crippen molar-refractivity contribution in [3.8, 4) is 5.75 Å². The van der Waals surface area contributed by atoms with E-state index in [1.54, 1.807) is 46.4 Å². The third-order valence-electron chi connectivity index (χ3n) is 5.11. The average Bonchev–Trinajstić information content (AvgIpc) is 2.73. The second-order valence-electron chi connectivity index (χ2n) is 7.01. The molecule has 1 fully saturated rings. The number of amides is 1. The summed E-state index contributed by atoms with van der Waals surface area (Å²) in [4.78, 5) is 13.9. The number of carbonyl (C=O) groups is 1. The maximum absolute atomic E-state index is 12.9. The lowest BCUT2D eigenvalue weighted by atomic mass is 10.1. The molecule has 3 rings (SSSR count). The van der Waals surface area contributed by atoms with E-state index in [-0.39, 0.29) is 16.8 Å². The lowest BCUT2D eigenvalue weighted by Gasteiger charge is -2.32. The number of hydrogen-bond acceptors (Lipinski definition) is 5. The number of anilines is 1. The van der Waals surface area contributed by atoms with Crippen LogP contribution in [0.2, 0.25) is 0 Å². The first-order valence-electron chi connectivity index (χ1n) is 9.52. The summed E-state index contributed by atoms with van der Waals surface area (Å²) in [6.45, 7) is 2.49. The van der Waals surface area contributed by atoms with Crippen LogP contribution in [0.15, 0.2) is 52.3 Å². The molecular weight excluding hydrogens is 408 g/mol. The summed E-state index contributed by atoms with van der Waals surface area (Å²) >= 11 is 1.57. The summed E-state index contributed by atoms with van der Waals surface area (Å²) in [5.74, 6) is 0.183. The number of piperidine rings is 1. The molecule has 156 valence electrons. The van der Waals surface area contributed by atoms with E-state index in [9.17, 15) is 13.2 Å². The minimum absolute atomic E-state index is 0.00449. The van der Waals surface area contributed by atoms with E-state index in [4.69, 9.17) is 4.74 Å². The van der Waals surface area contributed by atoms with Gasteiger partial charge in [0.25, 0.3) is 5.91 Å². The smallest absolute Gasteiger partial charge is 0.259 e. The van der Waals surface area contributed by atoms with Crippen molar-refractivity contribution in [2.24, 2.45) is 0 Å². The number of ether oxygens (including phenoxy) is 1. The molecule has 8 heteroatoms. The van der Waals surface area contributed by atoms with Gasteiger partial charge in [-0.1, -0.05) is 6.42 Å². The Labute approximate surface area is 176 Å². The minimum Gasteiger partial charge on any atom is -0.496 e. The average molecular weight is 435 g/mol. The molecule has 1 atom stereocenters. The summed E-state index contributed by atoms with van der Waals surface area (Å²) in [6, 6.07) is 11.7. The summed E-state index contributed by atoms with van der Waals surface area (Å²) in [5.41, 5.74) is 0.945. The van der Waals surface area contributed by atoms with E-state index in [0.717, 1.165) is 24.2 Å². The number of benzene rings is 2. The Hall–Kier alpha value is -2.03. The van der Waals surface area contributed by atoms with Gasteiger partial charge in [0.2, 0.25) is 10.0 Å². The number of sulfonamides is 1. The predicted molar refractivity (Wildman–Crippen MR) is 116 cm³/mol. The van der Waals surface area contributed by atoms with Crippen molar-refractivity contribution in [3.05, 3.63) is 48.0 Å². The van der Waals surface area contributed by atoms with E-state index in [1.165, 1.54) is 7.11 Å². The molecule has 1 unspecified atom stereocenters. The number of thioether (sulfide) groups is 1. The number of hydrogen-bond donors (Lipinski definition) is 1. The first kappa shape index (κ1) is 21.7. The van der Waals surface area contributed by atoms with Crippen LogP contribution in [0.4, 0.5) is 5.69 Å². The lowest BCUT2D eigenvalue weighted by molar-refractivity contribution is 0.102. The summed E-state index contributed by atoms with van der Waals surface area (Å²) in [5, 5.41) is 2.80. The van der Waals surface area contributed by atoms with Crippen LogP contribution in [-0.4, -0.2) is 44.6 Å². The van der Waals surface area contributed by atoms with Gasteiger partial charge in [-0.2, -0.15) is 4.31 Å². The van der Waals surface area contributed by atoms with Crippen molar-refractivity contribution in [1.82, 2.24) is 4.31 Å². The second kappa shape index (κ2) is 9.19. The van der Waals surface area contributed by atoms with Crippen molar-refractivity contribution >= 4 is 33.4 Å². The SMILES string of the molecule is COc1cc(SC)ccc1C(=O)Nc1ccc(S(=O)(=O)N2CCCCC2C)cc1. The van der Waals surface area contributed by atoms with Crippen molar-refractivity contribution in [2.75, 3.05) is 25.2 Å². The van der Waals surface area contributed by atoms with E-state index in [2.05, 4.69) is 5.32 Å². The number of methoxy groups -OCH3 is 1. The van der Waals surface area contributed by atoms with E-state index < -0.39 is 10.0 Å². The molecular formula is C21H26N2O4S2. The molecule has 1 amide bonds. The van der Waals surface area contributed by atoms with E-state index >= 15 is 0 Å². The van der Waals surface area contributed by atoms with Crippen LogP contribution in [-0.2, 0) is 10.0 Å². The molecule has 2 aromatic carbocycles. The highest BCUT2D eigenvalue weighted by Crippen LogP contribution is 2.28. The van der Waals surface area contributed by atoms with Crippen LogP contribution < -0.4 is 10.1 Å². The van der Waals surface area contributed by atoms with Crippen LogP contribution in [0.3, 0.4) is 0 Å². The highest BCUT2D eigenvalue weighted by Gasteiger charge is 2.30. The molecule has 0 bridgehead atoms. The largest absolute Gasteiger partial charge is 0.496 e. The molecule has 0 spiro atoms. The van der Waals surface area contributed by atoms with E-state index in [1.807, 2.05) is 25.3 Å². The van der Waals surface area contributed by atoms with E-state index in [0.29, 0.717) is 23.5 Å². The zero-order valence-corrected chi connectivity index (χ0v) is 18.5. The van der Waals surface area contributed by atoms with Gasteiger partial charge in [-0.15, -0.1) is 11.8 Å². The Bertz CT molecular complexity index is 975. The molecule has 1 saturated heterocycles. The fourth-order valence-electron chi connectivity index (χ4n) is 3.46. The number of rotatable bonds is 6. The topological polar surface area (TPSA) is 75.7 Å². The third kappa shape index (κ3) is 4.76. The Morgan fingerprint density at radius 2 is 1.90 bits per heavy atom. The standard InChI is InChI=1S/C21H26N2O4S2/c1-15-6-4-5-13-23(15)29(25,26)18-10-7-16(8-11-18)22-21(24)19-12-9-17(28-3)14-20(19)27-2/h7-12,14-15H,4-6,13H2,1-3H3,(H,22,24). The van der Waals surface area contributed by atoms with Gasteiger partial charge in [0.1, 0.15) is 5.75 Å². The molecule has 0 aliphatic carbocycles. The predicted octanol–water partition coefficient (Wildman–Crippen LogP) is 4.23. The minimum atomic E-state index is -3.53. The maximum atomic E-state index is 12.9. The first-order valence-corrected chi connectivity index (χ1v) is 12.2. The molecule has 1 aliphatic rings. The fraction of sp³-hybridized carbons (Fsp3) is 0.381. The normalized spacial score (nSPS) is 17.7. The molecule has 1 aliphatic heterocycles. The van der Waals surface area contributed by atoms with Crippen molar-refractivity contribution in [2.45, 2.75) is 42.0 Å². The van der Waals surface area contributed by atoms with Gasteiger partial charge in [-0.05, 0) is 68.5 Å². The summed E-state index contributed by atoms with van der Waals surface area (Å²) in [7, 11) is -2.00. The number of nitrogens with zero attached hydrogens (tertiary/aromatic N) is 1. The van der Waals surface area contributed by atoms with Crippen LogP contribution in [0.5, 0.6) is 5.75 Å². The van der Waals surface area contributed by atoms with Gasteiger partial charge in [0.15, 0.2) is 0 Å². The molecule has 0 saturated carbocycles. The zero-order valence-electron chi connectivity index (χ0n) is 16.8. The Morgan fingerprint density at radius 3 is 2.52 bits per heavy atom. The zero-order chi connectivity index (χ0) is 21.0. The quantitative estimate of drug-likeness (QED) is 0.689. The van der Waals surface area contributed by atoms with Crippen molar-refractivity contribution in [1.29, 1.82) is 0 Å². The van der Waals surface area contributed by atoms with Crippen LogP contribution in [0, 0.1) is 0 Å². The second-order valence-corrected chi connectivity index (χ2v) is 9.78. The first-order chi connectivity index (χ1) is 13.9. The summed E-state index contributed by atoms with van der Waals surface area (Å²) < 4.78 is 32.7. The Balaban J connectivity index is 1.76. The third-order valence-corrected chi connectivity index (χ3v) is 7.87. The van der Waals surface area contributed by atoms with Crippen molar-refractivity contribution in [3.63, 3.8) is 0 Å². The van der Waals surface area contributed by atoms with Gasteiger partial charge in [0, 0.05) is 23.2 Å². The highest BCUT2D eigenvalue weighted by atomic mass is 32.2. The van der Waals surface area contributed by atoms with Crippen LogP contribution in [0.1, 0.15) is 36.5 Å². The lowest BCUT2D eigenvalue weighted by Crippen LogP contribution is -2.41. The summed E-state index contributed by atoms with van der Waals surface area (Å²) in [6.07, 6.45) is 4.77. The molecule has 29 heavy (non-hydrogen) atoms. The van der Waals surface area contributed by atoms with Gasteiger partial charge in [0.05, 0.1) is 17.6 Å².